The van der Waals surface area contributed by atoms with Crippen LogP contribution >= 0.6 is 11.8 Å². The number of para-hydroxylation sites is 1. The molecule has 2 atom stereocenters. The van der Waals surface area contributed by atoms with Gasteiger partial charge in [-0.05, 0) is 35.9 Å². The van der Waals surface area contributed by atoms with E-state index in [1.54, 1.807) is 12.1 Å². The molecular weight excluding hydrogens is 345 g/mol. The van der Waals surface area contributed by atoms with Crippen LogP contribution in [0.15, 0.2) is 82.7 Å². The first-order chi connectivity index (χ1) is 12.8. The molecule has 5 rings (SSSR count). The van der Waals surface area contributed by atoms with Gasteiger partial charge in [-0.15, -0.1) is 11.8 Å². The summed E-state index contributed by atoms with van der Waals surface area (Å²) < 4.78 is 19.9. The smallest absolute Gasteiger partial charge is 0.128 e. The lowest BCUT2D eigenvalue weighted by Gasteiger charge is -2.31. The van der Waals surface area contributed by atoms with E-state index in [-0.39, 0.29) is 17.0 Å². The van der Waals surface area contributed by atoms with E-state index < -0.39 is 0 Å². The Morgan fingerprint density at radius 1 is 0.962 bits per heavy atom. The lowest BCUT2D eigenvalue weighted by atomic mass is 9.88. The van der Waals surface area contributed by atoms with E-state index in [1.165, 1.54) is 11.6 Å². The third-order valence-electron chi connectivity index (χ3n) is 4.84. The highest BCUT2D eigenvalue weighted by atomic mass is 32.2. The average Bonchev–Trinajstić information content (AvgIpc) is 2.85. The van der Waals surface area contributed by atoms with Crippen LogP contribution in [0.2, 0.25) is 0 Å². The Labute approximate surface area is 155 Å². The molecule has 2 aliphatic heterocycles. The summed E-state index contributed by atoms with van der Waals surface area (Å²) in [6.45, 7) is 0.540. The van der Waals surface area contributed by atoms with Gasteiger partial charge in [0.2, 0.25) is 0 Å². The zero-order valence-electron chi connectivity index (χ0n) is 13.9. The lowest BCUT2D eigenvalue weighted by molar-refractivity contribution is 0.271. The van der Waals surface area contributed by atoms with Crippen LogP contribution in [-0.2, 0) is 0 Å². The summed E-state index contributed by atoms with van der Waals surface area (Å²) in [5, 5.41) is 0.162. The van der Waals surface area contributed by atoms with Crippen molar-refractivity contribution in [3.8, 4) is 5.75 Å². The highest BCUT2D eigenvalue weighted by Gasteiger charge is 2.37. The first kappa shape index (κ1) is 15.6. The molecule has 0 saturated heterocycles. The van der Waals surface area contributed by atoms with Crippen LogP contribution < -0.4 is 4.74 Å². The number of rotatable bonds is 1. The highest BCUT2D eigenvalue weighted by molar-refractivity contribution is 7.99. The molecular formula is C22H16FNOS. The van der Waals surface area contributed by atoms with Crippen molar-refractivity contribution in [2.75, 3.05) is 6.61 Å². The predicted molar refractivity (Wildman–Crippen MR) is 103 cm³/mol. The quantitative estimate of drug-likeness (QED) is 0.546. The van der Waals surface area contributed by atoms with E-state index in [0.717, 1.165) is 21.9 Å². The van der Waals surface area contributed by atoms with Crippen LogP contribution in [0, 0.1) is 11.7 Å². The van der Waals surface area contributed by atoms with Gasteiger partial charge in [0.15, 0.2) is 0 Å². The van der Waals surface area contributed by atoms with Crippen LogP contribution in [0.3, 0.4) is 0 Å². The monoisotopic (exact) mass is 361 g/mol. The molecule has 0 N–H and O–H groups in total. The standard InChI is InChI=1S/C22H16FNOS/c23-15-10-11-19-16(12-15)21-17(13-25-19)22(14-6-2-1-3-7-14)26-20-9-5-4-8-18(20)24-21/h1-12,17,22H,13H2/t17-,22-/m1/s1. The number of benzene rings is 3. The highest BCUT2D eigenvalue weighted by Crippen LogP contribution is 2.50. The Bertz CT molecular complexity index is 1000. The Kier molecular flexibility index (Phi) is 3.79. The average molecular weight is 361 g/mol. The number of nitrogens with zero attached hydrogens (tertiary/aromatic N) is 1. The summed E-state index contributed by atoms with van der Waals surface area (Å²) in [5.74, 6) is 0.499. The second-order valence-electron chi connectivity index (χ2n) is 6.47. The normalized spacial score (nSPS) is 20.7. The minimum atomic E-state index is -0.267. The van der Waals surface area contributed by atoms with Crippen molar-refractivity contribution in [1.82, 2.24) is 0 Å². The van der Waals surface area contributed by atoms with Gasteiger partial charge in [-0.25, -0.2) is 4.39 Å². The van der Waals surface area contributed by atoms with Crippen molar-refractivity contribution in [1.29, 1.82) is 0 Å². The molecule has 2 aliphatic rings. The number of fused-ring (bicyclic) bond motifs is 4. The fourth-order valence-corrected chi connectivity index (χ4v) is 4.93. The fourth-order valence-electron chi connectivity index (χ4n) is 3.60. The molecule has 4 heteroatoms. The summed E-state index contributed by atoms with van der Waals surface area (Å²) in [4.78, 5) is 6.11. The molecule has 2 heterocycles. The molecule has 0 aliphatic carbocycles. The maximum Gasteiger partial charge on any atom is 0.128 e. The number of ether oxygens (including phenoxy) is 1. The van der Waals surface area contributed by atoms with Gasteiger partial charge in [-0.3, -0.25) is 4.99 Å². The van der Waals surface area contributed by atoms with Gasteiger partial charge in [-0.1, -0.05) is 42.5 Å². The number of hydrogen-bond donors (Lipinski definition) is 0. The van der Waals surface area contributed by atoms with Crippen molar-refractivity contribution in [2.24, 2.45) is 10.9 Å². The van der Waals surface area contributed by atoms with Gasteiger partial charge in [0.25, 0.3) is 0 Å². The Balaban J connectivity index is 1.72. The Morgan fingerprint density at radius 3 is 2.65 bits per heavy atom. The minimum Gasteiger partial charge on any atom is -0.492 e. The molecule has 0 fully saturated rings. The van der Waals surface area contributed by atoms with E-state index in [1.807, 2.05) is 36.0 Å². The van der Waals surface area contributed by atoms with Gasteiger partial charge < -0.3 is 4.74 Å². The molecule has 26 heavy (non-hydrogen) atoms. The van der Waals surface area contributed by atoms with E-state index in [4.69, 9.17) is 9.73 Å². The van der Waals surface area contributed by atoms with Crippen molar-refractivity contribution >= 4 is 23.2 Å². The molecule has 0 radical (unpaired) electrons. The largest absolute Gasteiger partial charge is 0.492 e. The number of hydrogen-bond acceptors (Lipinski definition) is 3. The van der Waals surface area contributed by atoms with Crippen LogP contribution in [0.4, 0.5) is 10.1 Å². The topological polar surface area (TPSA) is 21.6 Å². The molecule has 128 valence electrons. The SMILES string of the molecule is Fc1ccc2c(c1)C1=Nc3ccccc3S[C@H](c3ccccc3)[C@@H]1CO2. The third-order valence-corrected chi connectivity index (χ3v) is 6.29. The summed E-state index contributed by atoms with van der Waals surface area (Å²) >= 11 is 1.81. The van der Waals surface area contributed by atoms with Gasteiger partial charge in [0, 0.05) is 15.7 Å². The van der Waals surface area contributed by atoms with Gasteiger partial charge >= 0.3 is 0 Å². The molecule has 0 aromatic heterocycles. The zero-order valence-corrected chi connectivity index (χ0v) is 14.7. The van der Waals surface area contributed by atoms with E-state index in [2.05, 4.69) is 30.3 Å². The van der Waals surface area contributed by atoms with Crippen molar-refractivity contribution in [2.45, 2.75) is 10.1 Å². The minimum absolute atomic E-state index is 0.0594. The van der Waals surface area contributed by atoms with Crippen molar-refractivity contribution in [3.63, 3.8) is 0 Å². The predicted octanol–water partition coefficient (Wildman–Crippen LogP) is 5.80. The number of halogens is 1. The summed E-state index contributed by atoms with van der Waals surface area (Å²) in [7, 11) is 0. The Morgan fingerprint density at radius 2 is 1.77 bits per heavy atom. The summed E-state index contributed by atoms with van der Waals surface area (Å²) in [6.07, 6.45) is 0. The number of thioether (sulfide) groups is 1. The van der Waals surface area contributed by atoms with E-state index >= 15 is 0 Å². The molecule has 0 bridgehead atoms. The summed E-state index contributed by atoms with van der Waals surface area (Å²) in [5.41, 5.74) is 3.85. The second kappa shape index (κ2) is 6.29. The van der Waals surface area contributed by atoms with E-state index in [9.17, 15) is 4.39 Å². The molecule has 3 aromatic rings. The zero-order chi connectivity index (χ0) is 17.5. The van der Waals surface area contributed by atoms with Crippen LogP contribution in [0.1, 0.15) is 16.4 Å². The van der Waals surface area contributed by atoms with Gasteiger partial charge in [0.1, 0.15) is 11.6 Å². The van der Waals surface area contributed by atoms with Crippen LogP contribution in [0.5, 0.6) is 5.75 Å². The van der Waals surface area contributed by atoms with E-state index in [0.29, 0.717) is 12.4 Å². The first-order valence-corrected chi connectivity index (χ1v) is 9.49. The first-order valence-electron chi connectivity index (χ1n) is 8.61. The molecule has 2 nitrogen and oxygen atoms in total. The maximum atomic E-state index is 14.0. The molecule has 0 unspecified atom stereocenters. The second-order valence-corrected chi connectivity index (χ2v) is 7.66. The maximum absolute atomic E-state index is 14.0. The third kappa shape index (κ3) is 2.61. The fraction of sp³-hybridized carbons (Fsp3) is 0.136. The lowest BCUT2D eigenvalue weighted by Crippen LogP contribution is -2.32. The van der Waals surface area contributed by atoms with Crippen molar-refractivity contribution < 1.29 is 9.13 Å². The molecule has 0 saturated carbocycles. The molecule has 0 amide bonds. The Hall–Kier alpha value is -2.59. The van der Waals surface area contributed by atoms with Crippen molar-refractivity contribution in [3.05, 3.63) is 89.7 Å². The molecule has 3 aromatic carbocycles. The number of aliphatic imine (C=N–C) groups is 1. The summed E-state index contributed by atoms with van der Waals surface area (Å²) in [6, 6.07) is 23.3. The molecule has 0 spiro atoms. The van der Waals surface area contributed by atoms with Gasteiger partial charge in [0.05, 0.1) is 23.9 Å². The van der Waals surface area contributed by atoms with Gasteiger partial charge in [-0.2, -0.15) is 0 Å². The van der Waals surface area contributed by atoms with Crippen LogP contribution in [-0.4, -0.2) is 12.3 Å². The van der Waals surface area contributed by atoms with Crippen LogP contribution in [0.25, 0.3) is 0 Å².